The summed E-state index contributed by atoms with van der Waals surface area (Å²) in [6.45, 7) is 2.51. The van der Waals surface area contributed by atoms with Crippen LogP contribution in [-0.4, -0.2) is 41.6 Å². The minimum atomic E-state index is -0.138. The lowest BCUT2D eigenvalue weighted by Crippen LogP contribution is -2.49. The number of nitriles is 1. The summed E-state index contributed by atoms with van der Waals surface area (Å²) >= 11 is 9.85. The summed E-state index contributed by atoms with van der Waals surface area (Å²) in [5.74, 6) is -0.138. The molecule has 0 N–H and O–H groups in total. The summed E-state index contributed by atoms with van der Waals surface area (Å²) in [5, 5.41) is 10.3. The van der Waals surface area contributed by atoms with Crippen LogP contribution in [0.3, 0.4) is 0 Å². The Bertz CT molecular complexity index is 1100. The first-order chi connectivity index (χ1) is 14.1. The highest BCUT2D eigenvalue weighted by molar-refractivity contribution is 9.10. The van der Waals surface area contributed by atoms with Gasteiger partial charge in [0, 0.05) is 36.8 Å². The van der Waals surface area contributed by atoms with Crippen molar-refractivity contribution in [3.05, 3.63) is 81.5 Å². The van der Waals surface area contributed by atoms with Crippen molar-refractivity contribution in [1.82, 2.24) is 9.47 Å². The van der Waals surface area contributed by atoms with Crippen LogP contribution in [0.1, 0.15) is 16.1 Å². The zero-order valence-corrected chi connectivity index (χ0v) is 17.9. The Morgan fingerprint density at radius 3 is 2.28 bits per heavy atom. The molecule has 1 aliphatic heterocycles. The summed E-state index contributed by atoms with van der Waals surface area (Å²) in [6, 6.07) is 19.2. The van der Waals surface area contributed by atoms with E-state index < -0.39 is 0 Å². The van der Waals surface area contributed by atoms with Crippen molar-refractivity contribution in [1.29, 1.82) is 5.26 Å². The zero-order valence-electron chi connectivity index (χ0n) is 15.6. The fourth-order valence-electron chi connectivity index (χ4n) is 3.60. The summed E-state index contributed by atoms with van der Waals surface area (Å²) in [6.07, 6.45) is 1.77. The molecule has 1 fully saturated rings. The SMILES string of the molecule is N#Cc1ccn(-c2ccccc2Br)c1C(=O)N1CCN(c2ccccc2Cl)CC1. The number of anilines is 1. The van der Waals surface area contributed by atoms with Crippen molar-refractivity contribution >= 4 is 39.1 Å². The van der Waals surface area contributed by atoms with E-state index in [1.165, 1.54) is 0 Å². The zero-order chi connectivity index (χ0) is 20.4. The van der Waals surface area contributed by atoms with Crippen LogP contribution in [0, 0.1) is 11.3 Å². The molecule has 4 rings (SSSR count). The number of halogens is 2. The average Bonchev–Trinajstić information content (AvgIpc) is 3.18. The fourth-order valence-corrected chi connectivity index (χ4v) is 4.33. The molecule has 0 spiro atoms. The first-order valence-electron chi connectivity index (χ1n) is 9.25. The van der Waals surface area contributed by atoms with Crippen LogP contribution in [0.15, 0.2) is 65.3 Å². The van der Waals surface area contributed by atoms with E-state index >= 15 is 0 Å². The quantitative estimate of drug-likeness (QED) is 0.557. The number of para-hydroxylation sites is 2. The average molecular weight is 470 g/mol. The lowest BCUT2D eigenvalue weighted by Gasteiger charge is -2.36. The first kappa shape index (κ1) is 19.6. The van der Waals surface area contributed by atoms with Gasteiger partial charge in [0.1, 0.15) is 11.8 Å². The molecule has 2 aromatic carbocycles. The second-order valence-corrected chi connectivity index (χ2v) is 8.00. The maximum Gasteiger partial charge on any atom is 0.272 e. The van der Waals surface area contributed by atoms with E-state index in [1.807, 2.05) is 48.5 Å². The summed E-state index contributed by atoms with van der Waals surface area (Å²) in [4.78, 5) is 17.3. The molecule has 1 aromatic heterocycles. The largest absolute Gasteiger partial charge is 0.367 e. The molecule has 0 aliphatic carbocycles. The van der Waals surface area contributed by atoms with E-state index in [4.69, 9.17) is 11.6 Å². The smallest absolute Gasteiger partial charge is 0.272 e. The third-order valence-corrected chi connectivity index (χ3v) is 6.07. The number of carbonyl (C=O) groups is 1. The number of hydrogen-bond donors (Lipinski definition) is 0. The molecule has 3 aromatic rings. The molecule has 146 valence electrons. The van der Waals surface area contributed by atoms with Crippen LogP contribution in [0.5, 0.6) is 0 Å². The minimum absolute atomic E-state index is 0.138. The van der Waals surface area contributed by atoms with Crippen molar-refractivity contribution < 1.29 is 4.79 Å². The standard InChI is InChI=1S/C22H18BrClN4O/c23-17-5-1-3-7-19(17)28-10-9-16(15-25)21(28)22(29)27-13-11-26(12-14-27)20-8-4-2-6-18(20)24/h1-10H,11-14H2. The molecule has 7 heteroatoms. The molecule has 0 saturated carbocycles. The van der Waals surface area contributed by atoms with Gasteiger partial charge in [0.05, 0.1) is 22.0 Å². The molecule has 29 heavy (non-hydrogen) atoms. The summed E-state index contributed by atoms with van der Waals surface area (Å²) in [7, 11) is 0. The van der Waals surface area contributed by atoms with Gasteiger partial charge in [-0.15, -0.1) is 0 Å². The molecule has 2 heterocycles. The van der Waals surface area contributed by atoms with Crippen LogP contribution in [-0.2, 0) is 0 Å². The van der Waals surface area contributed by atoms with E-state index in [0.29, 0.717) is 42.5 Å². The third kappa shape index (κ3) is 3.76. The van der Waals surface area contributed by atoms with Gasteiger partial charge in [-0.2, -0.15) is 5.26 Å². The van der Waals surface area contributed by atoms with Gasteiger partial charge in [-0.1, -0.05) is 35.9 Å². The van der Waals surface area contributed by atoms with Crippen LogP contribution >= 0.6 is 27.5 Å². The molecule has 0 radical (unpaired) electrons. The monoisotopic (exact) mass is 468 g/mol. The van der Waals surface area contributed by atoms with Gasteiger partial charge < -0.3 is 14.4 Å². The Balaban J connectivity index is 1.59. The van der Waals surface area contributed by atoms with E-state index in [9.17, 15) is 10.1 Å². The molecule has 5 nitrogen and oxygen atoms in total. The Morgan fingerprint density at radius 1 is 0.966 bits per heavy atom. The Labute approximate surface area is 182 Å². The first-order valence-corrected chi connectivity index (χ1v) is 10.4. The molecular weight excluding hydrogens is 452 g/mol. The molecule has 1 aliphatic rings. The third-order valence-electron chi connectivity index (χ3n) is 5.08. The highest BCUT2D eigenvalue weighted by atomic mass is 79.9. The predicted octanol–water partition coefficient (Wildman–Crippen LogP) is 4.73. The number of piperazine rings is 1. The van der Waals surface area contributed by atoms with Gasteiger partial charge in [-0.05, 0) is 46.3 Å². The number of carbonyl (C=O) groups excluding carboxylic acids is 1. The number of amides is 1. The molecule has 0 bridgehead atoms. The maximum atomic E-state index is 13.4. The van der Waals surface area contributed by atoms with Crippen molar-refractivity contribution in [3.8, 4) is 11.8 Å². The van der Waals surface area contributed by atoms with Gasteiger partial charge >= 0.3 is 0 Å². The Kier molecular flexibility index (Phi) is 5.61. The lowest BCUT2D eigenvalue weighted by molar-refractivity contribution is 0.0738. The Morgan fingerprint density at radius 2 is 1.62 bits per heavy atom. The lowest BCUT2D eigenvalue weighted by atomic mass is 10.2. The van der Waals surface area contributed by atoms with Crippen LogP contribution < -0.4 is 4.90 Å². The second-order valence-electron chi connectivity index (χ2n) is 6.74. The molecule has 1 saturated heterocycles. The van der Waals surface area contributed by atoms with E-state index in [-0.39, 0.29) is 5.91 Å². The number of nitrogens with zero attached hydrogens (tertiary/aromatic N) is 4. The summed E-state index contributed by atoms with van der Waals surface area (Å²) in [5.41, 5.74) is 2.58. The van der Waals surface area contributed by atoms with Gasteiger partial charge in [0.2, 0.25) is 0 Å². The van der Waals surface area contributed by atoms with E-state index in [2.05, 4.69) is 26.9 Å². The van der Waals surface area contributed by atoms with Crippen molar-refractivity contribution in [3.63, 3.8) is 0 Å². The highest BCUT2D eigenvalue weighted by Gasteiger charge is 2.28. The number of rotatable bonds is 3. The predicted molar refractivity (Wildman–Crippen MR) is 118 cm³/mol. The van der Waals surface area contributed by atoms with Crippen LogP contribution in [0.2, 0.25) is 5.02 Å². The maximum absolute atomic E-state index is 13.4. The highest BCUT2D eigenvalue weighted by Crippen LogP contribution is 2.28. The molecule has 1 amide bonds. The van der Waals surface area contributed by atoms with Gasteiger partial charge in [-0.3, -0.25) is 4.79 Å². The fraction of sp³-hybridized carbons (Fsp3) is 0.182. The molecular formula is C22H18BrClN4O. The van der Waals surface area contributed by atoms with Crippen LogP contribution in [0.4, 0.5) is 5.69 Å². The van der Waals surface area contributed by atoms with Crippen molar-refractivity contribution in [2.75, 3.05) is 31.1 Å². The van der Waals surface area contributed by atoms with Crippen LogP contribution in [0.25, 0.3) is 5.69 Å². The van der Waals surface area contributed by atoms with E-state index in [1.54, 1.807) is 21.7 Å². The van der Waals surface area contributed by atoms with Crippen molar-refractivity contribution in [2.24, 2.45) is 0 Å². The number of hydrogen-bond acceptors (Lipinski definition) is 3. The topological polar surface area (TPSA) is 52.3 Å². The van der Waals surface area contributed by atoms with Gasteiger partial charge in [0.15, 0.2) is 0 Å². The van der Waals surface area contributed by atoms with Gasteiger partial charge in [-0.25, -0.2) is 0 Å². The molecule has 0 unspecified atom stereocenters. The number of benzene rings is 2. The van der Waals surface area contributed by atoms with Gasteiger partial charge in [0.25, 0.3) is 5.91 Å². The normalized spacial score (nSPS) is 14.0. The summed E-state index contributed by atoms with van der Waals surface area (Å²) < 4.78 is 2.64. The number of aromatic nitrogens is 1. The Hall–Kier alpha value is -2.75. The second kappa shape index (κ2) is 8.32. The molecule has 0 atom stereocenters. The minimum Gasteiger partial charge on any atom is -0.367 e. The van der Waals surface area contributed by atoms with E-state index in [0.717, 1.165) is 15.8 Å². The van der Waals surface area contributed by atoms with Crippen molar-refractivity contribution in [2.45, 2.75) is 0 Å².